The summed E-state index contributed by atoms with van der Waals surface area (Å²) in [6.07, 6.45) is 2.70. The van der Waals surface area contributed by atoms with Gasteiger partial charge in [0.2, 0.25) is 0 Å². The van der Waals surface area contributed by atoms with Crippen molar-refractivity contribution in [2.75, 3.05) is 52.5 Å². The van der Waals surface area contributed by atoms with Gasteiger partial charge >= 0.3 is 0 Å². The Kier molecular flexibility index (Phi) is 4.19. The van der Waals surface area contributed by atoms with E-state index in [2.05, 4.69) is 22.0 Å². The Morgan fingerprint density at radius 2 is 2.00 bits per heavy atom. The molecule has 0 aliphatic carbocycles. The summed E-state index contributed by atoms with van der Waals surface area (Å²) in [4.78, 5) is 5.30. The average molecular weight is 253 g/mol. The molecule has 3 aliphatic heterocycles. The fraction of sp³-hybridized carbons (Fsp3) is 1.00. The van der Waals surface area contributed by atoms with E-state index in [4.69, 9.17) is 4.74 Å². The standard InChI is InChI=1S/C14H27N3O/c1-12-2-4-15-14(12)11-16-5-3-13(10-16)17-6-8-18-9-7-17/h12-15H,2-11H2,1H3. The first-order valence-corrected chi connectivity index (χ1v) is 7.60. The molecule has 3 unspecified atom stereocenters. The largest absolute Gasteiger partial charge is 0.379 e. The summed E-state index contributed by atoms with van der Waals surface area (Å²) in [7, 11) is 0. The third-order valence-corrected chi connectivity index (χ3v) is 4.96. The topological polar surface area (TPSA) is 27.7 Å². The van der Waals surface area contributed by atoms with Crippen LogP contribution in [0, 0.1) is 5.92 Å². The van der Waals surface area contributed by atoms with Gasteiger partial charge in [-0.3, -0.25) is 4.90 Å². The third-order valence-electron chi connectivity index (χ3n) is 4.96. The van der Waals surface area contributed by atoms with Gasteiger partial charge in [-0.2, -0.15) is 0 Å². The van der Waals surface area contributed by atoms with Crippen molar-refractivity contribution >= 4 is 0 Å². The third kappa shape index (κ3) is 2.87. The highest BCUT2D eigenvalue weighted by Crippen LogP contribution is 2.20. The molecule has 0 aromatic carbocycles. The van der Waals surface area contributed by atoms with Gasteiger partial charge in [-0.25, -0.2) is 0 Å². The van der Waals surface area contributed by atoms with Crippen molar-refractivity contribution in [3.8, 4) is 0 Å². The van der Waals surface area contributed by atoms with Gasteiger partial charge < -0.3 is 15.0 Å². The molecule has 18 heavy (non-hydrogen) atoms. The minimum absolute atomic E-state index is 0.730. The first-order chi connectivity index (χ1) is 8.83. The number of morpholine rings is 1. The quantitative estimate of drug-likeness (QED) is 0.787. The summed E-state index contributed by atoms with van der Waals surface area (Å²) in [5, 5.41) is 3.65. The maximum atomic E-state index is 5.44. The number of hydrogen-bond donors (Lipinski definition) is 1. The molecule has 4 heteroatoms. The van der Waals surface area contributed by atoms with Gasteiger partial charge in [-0.05, 0) is 31.8 Å². The molecular weight excluding hydrogens is 226 g/mol. The molecule has 3 rings (SSSR count). The normalized spacial score (nSPS) is 39.5. The van der Waals surface area contributed by atoms with Crippen molar-refractivity contribution < 1.29 is 4.74 Å². The van der Waals surface area contributed by atoms with Crippen LogP contribution in [0.5, 0.6) is 0 Å². The summed E-state index contributed by atoms with van der Waals surface area (Å²) >= 11 is 0. The van der Waals surface area contributed by atoms with Crippen molar-refractivity contribution in [1.29, 1.82) is 0 Å². The molecule has 3 aliphatic rings. The molecule has 3 fully saturated rings. The summed E-state index contributed by atoms with van der Waals surface area (Å²) in [5.41, 5.74) is 0. The highest BCUT2D eigenvalue weighted by molar-refractivity contribution is 4.89. The zero-order chi connectivity index (χ0) is 12.4. The molecule has 3 heterocycles. The van der Waals surface area contributed by atoms with Crippen LogP contribution in [0.3, 0.4) is 0 Å². The molecule has 3 saturated heterocycles. The lowest BCUT2D eigenvalue weighted by Crippen LogP contribution is -2.46. The Morgan fingerprint density at radius 1 is 1.17 bits per heavy atom. The molecule has 1 N–H and O–H groups in total. The first-order valence-electron chi connectivity index (χ1n) is 7.60. The van der Waals surface area contributed by atoms with Crippen molar-refractivity contribution in [3.63, 3.8) is 0 Å². The Morgan fingerprint density at radius 3 is 2.72 bits per heavy atom. The van der Waals surface area contributed by atoms with E-state index in [1.807, 2.05) is 0 Å². The summed E-state index contributed by atoms with van der Waals surface area (Å²) in [5.74, 6) is 0.854. The lowest BCUT2D eigenvalue weighted by Gasteiger charge is -2.32. The van der Waals surface area contributed by atoms with E-state index in [0.717, 1.165) is 44.3 Å². The highest BCUT2D eigenvalue weighted by atomic mass is 16.5. The second kappa shape index (κ2) is 5.87. The van der Waals surface area contributed by atoms with Crippen LogP contribution in [-0.4, -0.2) is 74.4 Å². The van der Waals surface area contributed by atoms with Crippen LogP contribution in [0.1, 0.15) is 19.8 Å². The zero-order valence-corrected chi connectivity index (χ0v) is 11.6. The van der Waals surface area contributed by atoms with Crippen LogP contribution >= 0.6 is 0 Å². The van der Waals surface area contributed by atoms with E-state index >= 15 is 0 Å². The van der Waals surface area contributed by atoms with Gasteiger partial charge in [0.15, 0.2) is 0 Å². The second-order valence-electron chi connectivity index (χ2n) is 6.18. The van der Waals surface area contributed by atoms with Gasteiger partial charge in [-0.15, -0.1) is 0 Å². The Bertz CT molecular complexity index is 268. The SMILES string of the molecule is CC1CCNC1CN1CCC(N2CCOCC2)C1. The first kappa shape index (κ1) is 12.9. The molecule has 3 atom stereocenters. The smallest absolute Gasteiger partial charge is 0.0594 e. The van der Waals surface area contributed by atoms with Gasteiger partial charge in [0.25, 0.3) is 0 Å². The number of likely N-dealkylation sites (tertiary alicyclic amines) is 1. The predicted molar refractivity (Wildman–Crippen MR) is 72.8 cm³/mol. The molecular formula is C14H27N3O. The molecule has 0 saturated carbocycles. The molecule has 0 radical (unpaired) electrons. The van der Waals surface area contributed by atoms with Crippen LogP contribution in [0.2, 0.25) is 0 Å². The van der Waals surface area contributed by atoms with Gasteiger partial charge in [-0.1, -0.05) is 6.92 Å². The summed E-state index contributed by atoms with van der Waals surface area (Å²) in [6.45, 7) is 11.5. The molecule has 0 amide bonds. The van der Waals surface area contributed by atoms with E-state index in [0.29, 0.717) is 0 Å². The number of nitrogens with zero attached hydrogens (tertiary/aromatic N) is 2. The zero-order valence-electron chi connectivity index (χ0n) is 11.6. The number of nitrogens with one attached hydrogen (secondary N) is 1. The lowest BCUT2D eigenvalue weighted by molar-refractivity contribution is 0.0183. The second-order valence-corrected chi connectivity index (χ2v) is 6.18. The lowest BCUT2D eigenvalue weighted by atomic mass is 10.0. The highest BCUT2D eigenvalue weighted by Gasteiger charge is 2.31. The van der Waals surface area contributed by atoms with Crippen molar-refractivity contribution in [3.05, 3.63) is 0 Å². The number of hydrogen-bond acceptors (Lipinski definition) is 4. The van der Waals surface area contributed by atoms with Crippen LogP contribution in [0.25, 0.3) is 0 Å². The van der Waals surface area contributed by atoms with Crippen molar-refractivity contribution in [2.45, 2.75) is 31.8 Å². The molecule has 0 bridgehead atoms. The van der Waals surface area contributed by atoms with Gasteiger partial charge in [0.1, 0.15) is 0 Å². The van der Waals surface area contributed by atoms with E-state index in [1.54, 1.807) is 0 Å². The van der Waals surface area contributed by atoms with Gasteiger partial charge in [0.05, 0.1) is 13.2 Å². The minimum Gasteiger partial charge on any atom is -0.379 e. The van der Waals surface area contributed by atoms with E-state index < -0.39 is 0 Å². The van der Waals surface area contributed by atoms with Crippen molar-refractivity contribution in [2.24, 2.45) is 5.92 Å². The van der Waals surface area contributed by atoms with E-state index in [1.165, 1.54) is 39.0 Å². The molecule has 0 aromatic heterocycles. The molecule has 0 spiro atoms. The minimum atomic E-state index is 0.730. The monoisotopic (exact) mass is 253 g/mol. The number of rotatable bonds is 3. The predicted octanol–water partition coefficient (Wildman–Crippen LogP) is 0.391. The molecule has 104 valence electrons. The van der Waals surface area contributed by atoms with Crippen LogP contribution < -0.4 is 5.32 Å². The fourth-order valence-electron chi connectivity index (χ4n) is 3.64. The Balaban J connectivity index is 1.46. The summed E-state index contributed by atoms with van der Waals surface area (Å²) in [6, 6.07) is 1.51. The molecule has 4 nitrogen and oxygen atoms in total. The maximum Gasteiger partial charge on any atom is 0.0594 e. The van der Waals surface area contributed by atoms with Crippen molar-refractivity contribution in [1.82, 2.24) is 15.1 Å². The summed E-state index contributed by atoms with van der Waals surface area (Å²) < 4.78 is 5.44. The fourth-order valence-corrected chi connectivity index (χ4v) is 3.64. The van der Waals surface area contributed by atoms with Crippen LogP contribution in [0.4, 0.5) is 0 Å². The van der Waals surface area contributed by atoms with Gasteiger partial charge in [0, 0.05) is 38.3 Å². The van der Waals surface area contributed by atoms with Crippen LogP contribution in [0.15, 0.2) is 0 Å². The Labute approximate surface area is 111 Å². The van der Waals surface area contributed by atoms with E-state index in [9.17, 15) is 0 Å². The number of ether oxygens (including phenoxy) is 1. The average Bonchev–Trinajstić information content (AvgIpc) is 3.02. The molecule has 0 aromatic rings. The maximum absolute atomic E-state index is 5.44. The van der Waals surface area contributed by atoms with E-state index in [-0.39, 0.29) is 0 Å². The Hall–Kier alpha value is -0.160. The van der Waals surface area contributed by atoms with Crippen LogP contribution in [-0.2, 0) is 4.74 Å².